The summed E-state index contributed by atoms with van der Waals surface area (Å²) in [4.78, 5) is 28.6. The molecule has 2 saturated heterocycles. The van der Waals surface area contributed by atoms with Crippen LogP contribution in [0.15, 0.2) is 6.20 Å². The highest BCUT2D eigenvalue weighted by Crippen LogP contribution is 2.33. The second kappa shape index (κ2) is 6.57. The highest BCUT2D eigenvalue weighted by atomic mass is 19.3. The quantitative estimate of drug-likeness (QED) is 0.807. The summed E-state index contributed by atoms with van der Waals surface area (Å²) in [7, 11) is 3.05. The van der Waals surface area contributed by atoms with Gasteiger partial charge in [-0.2, -0.15) is 0 Å². The molecule has 8 nitrogen and oxygen atoms in total. The lowest BCUT2D eigenvalue weighted by atomic mass is 10.2. The molecule has 3 amide bonds. The van der Waals surface area contributed by atoms with Crippen LogP contribution >= 0.6 is 0 Å². The Balaban J connectivity index is 1.70. The zero-order valence-electron chi connectivity index (χ0n) is 14.4. The molecule has 2 aliphatic heterocycles. The second-order valence-corrected chi connectivity index (χ2v) is 6.84. The predicted octanol–water partition coefficient (Wildman–Crippen LogP) is 0.905. The highest BCUT2D eigenvalue weighted by Gasteiger charge is 2.47. The number of nitrogens with zero attached hydrogens (tertiary/aromatic N) is 6. The van der Waals surface area contributed by atoms with Gasteiger partial charge in [-0.05, 0) is 12.8 Å². The first-order chi connectivity index (χ1) is 11.8. The Morgan fingerprint density at radius 3 is 2.64 bits per heavy atom. The third-order valence-electron chi connectivity index (χ3n) is 4.55. The monoisotopic (exact) mass is 356 g/mol. The van der Waals surface area contributed by atoms with Crippen LogP contribution in [0.2, 0.25) is 0 Å². The van der Waals surface area contributed by atoms with E-state index in [0.29, 0.717) is 13.1 Å². The number of rotatable bonds is 3. The van der Waals surface area contributed by atoms with E-state index in [-0.39, 0.29) is 18.1 Å². The molecule has 3 rings (SSSR count). The van der Waals surface area contributed by atoms with Gasteiger partial charge in [0.05, 0.1) is 25.3 Å². The van der Waals surface area contributed by atoms with Crippen LogP contribution in [0.5, 0.6) is 0 Å². The number of carbonyl (C=O) groups is 2. The number of halogens is 2. The predicted molar refractivity (Wildman–Crippen MR) is 84.3 cm³/mol. The van der Waals surface area contributed by atoms with Crippen LogP contribution in [-0.2, 0) is 6.54 Å². The van der Waals surface area contributed by atoms with Gasteiger partial charge in [0.2, 0.25) is 0 Å². The molecule has 1 atom stereocenters. The van der Waals surface area contributed by atoms with E-state index in [2.05, 4.69) is 10.3 Å². The van der Waals surface area contributed by atoms with E-state index in [1.54, 1.807) is 4.90 Å². The molecule has 2 fully saturated rings. The van der Waals surface area contributed by atoms with Gasteiger partial charge in [-0.25, -0.2) is 18.3 Å². The van der Waals surface area contributed by atoms with Crippen molar-refractivity contribution in [2.24, 2.45) is 0 Å². The molecule has 0 aliphatic carbocycles. The molecule has 2 aliphatic rings. The number of likely N-dealkylation sites (tertiary alicyclic amines) is 2. The molecule has 0 radical (unpaired) electrons. The molecule has 10 heteroatoms. The maximum Gasteiger partial charge on any atom is 0.320 e. The fraction of sp³-hybridized carbons (Fsp3) is 0.733. The third-order valence-corrected chi connectivity index (χ3v) is 4.55. The Morgan fingerprint density at radius 2 is 2.00 bits per heavy atom. The molecule has 1 aromatic heterocycles. The third kappa shape index (κ3) is 3.72. The summed E-state index contributed by atoms with van der Waals surface area (Å²) in [6.07, 6.45) is 2.98. The second-order valence-electron chi connectivity index (χ2n) is 6.84. The summed E-state index contributed by atoms with van der Waals surface area (Å²) >= 11 is 0. The number of amides is 3. The maximum absolute atomic E-state index is 13.8. The summed E-state index contributed by atoms with van der Waals surface area (Å²) in [5.41, 5.74) is 0.206. The molecule has 25 heavy (non-hydrogen) atoms. The van der Waals surface area contributed by atoms with Crippen LogP contribution in [0.1, 0.15) is 29.8 Å². The van der Waals surface area contributed by atoms with Crippen LogP contribution in [-0.4, -0.2) is 87.3 Å². The molecule has 138 valence electrons. The number of alkyl halides is 2. The van der Waals surface area contributed by atoms with E-state index >= 15 is 0 Å². The lowest BCUT2D eigenvalue weighted by molar-refractivity contribution is 0.0137. The van der Waals surface area contributed by atoms with Gasteiger partial charge in [-0.15, -0.1) is 5.10 Å². The number of hydrogen-bond acceptors (Lipinski definition) is 4. The fourth-order valence-corrected chi connectivity index (χ4v) is 3.33. The van der Waals surface area contributed by atoms with Crippen LogP contribution in [0, 0.1) is 0 Å². The minimum Gasteiger partial charge on any atom is -0.337 e. The molecule has 1 aromatic rings. The van der Waals surface area contributed by atoms with E-state index in [0.717, 1.165) is 17.7 Å². The molecule has 3 heterocycles. The summed E-state index contributed by atoms with van der Waals surface area (Å²) < 4.78 is 28.9. The number of aromatic nitrogens is 3. The van der Waals surface area contributed by atoms with E-state index in [4.69, 9.17) is 0 Å². The molecule has 0 aromatic carbocycles. The number of hydrogen-bond donors (Lipinski definition) is 0. The lowest BCUT2D eigenvalue weighted by Crippen LogP contribution is -2.44. The van der Waals surface area contributed by atoms with Gasteiger partial charge < -0.3 is 14.7 Å². The SMILES string of the molecule is CN(C)C(=O)N1CC(F)(F)C[C@H]1Cn1cc(C(=O)N2CCCC2)nn1. The average molecular weight is 356 g/mol. The average Bonchev–Trinajstić information content (AvgIpc) is 3.26. The van der Waals surface area contributed by atoms with Gasteiger partial charge in [0.25, 0.3) is 11.8 Å². The Bertz CT molecular complexity index is 656. The molecule has 0 unspecified atom stereocenters. The highest BCUT2D eigenvalue weighted by molar-refractivity contribution is 5.92. The molecular formula is C15H22F2N6O2. The minimum absolute atomic E-state index is 0.0788. The number of carbonyl (C=O) groups excluding carboxylic acids is 2. The van der Waals surface area contributed by atoms with Gasteiger partial charge in [0.15, 0.2) is 5.69 Å². The topological polar surface area (TPSA) is 74.6 Å². The van der Waals surface area contributed by atoms with Gasteiger partial charge in [0, 0.05) is 33.6 Å². The van der Waals surface area contributed by atoms with E-state index in [1.165, 1.54) is 29.9 Å². The standard InChI is InChI=1S/C15H22F2N6O2/c1-20(2)14(25)23-10-15(16,17)7-11(23)8-22-9-12(18-19-22)13(24)21-5-3-4-6-21/h9,11H,3-8,10H2,1-2H3/t11-/m0/s1. The van der Waals surface area contributed by atoms with Crippen molar-refractivity contribution in [1.29, 1.82) is 0 Å². The maximum atomic E-state index is 13.8. The van der Waals surface area contributed by atoms with Gasteiger partial charge in [-0.1, -0.05) is 5.21 Å². The minimum atomic E-state index is -2.93. The van der Waals surface area contributed by atoms with Gasteiger partial charge in [0.1, 0.15) is 0 Å². The first kappa shape index (κ1) is 17.6. The Labute approximate surface area is 144 Å². The van der Waals surface area contributed by atoms with Crippen molar-refractivity contribution >= 4 is 11.9 Å². The largest absolute Gasteiger partial charge is 0.337 e. The van der Waals surface area contributed by atoms with Crippen LogP contribution in [0.4, 0.5) is 13.6 Å². The number of urea groups is 1. The summed E-state index contributed by atoms with van der Waals surface area (Å²) in [5, 5.41) is 7.75. The molecule has 0 spiro atoms. The summed E-state index contributed by atoms with van der Waals surface area (Å²) in [6, 6.07) is -1.16. The van der Waals surface area contributed by atoms with Crippen molar-refractivity contribution in [3.8, 4) is 0 Å². The summed E-state index contributed by atoms with van der Waals surface area (Å²) in [6.45, 7) is 0.871. The van der Waals surface area contributed by atoms with E-state index in [9.17, 15) is 18.4 Å². The Morgan fingerprint density at radius 1 is 1.32 bits per heavy atom. The first-order valence-corrected chi connectivity index (χ1v) is 8.32. The van der Waals surface area contributed by atoms with Crippen molar-refractivity contribution in [1.82, 2.24) is 29.7 Å². The van der Waals surface area contributed by atoms with Crippen molar-refractivity contribution < 1.29 is 18.4 Å². The van der Waals surface area contributed by atoms with Crippen molar-refractivity contribution in [3.63, 3.8) is 0 Å². The van der Waals surface area contributed by atoms with E-state index < -0.39 is 31.0 Å². The Hall–Kier alpha value is -2.26. The van der Waals surface area contributed by atoms with E-state index in [1.807, 2.05) is 0 Å². The van der Waals surface area contributed by atoms with Crippen LogP contribution in [0.25, 0.3) is 0 Å². The molecule has 0 bridgehead atoms. The van der Waals surface area contributed by atoms with Crippen molar-refractivity contribution in [2.75, 3.05) is 33.7 Å². The smallest absolute Gasteiger partial charge is 0.320 e. The van der Waals surface area contributed by atoms with Crippen molar-refractivity contribution in [2.45, 2.75) is 37.8 Å². The lowest BCUT2D eigenvalue weighted by Gasteiger charge is -2.26. The zero-order chi connectivity index (χ0) is 18.2. The fourth-order valence-electron chi connectivity index (χ4n) is 3.33. The summed E-state index contributed by atoms with van der Waals surface area (Å²) in [5.74, 6) is -3.12. The molecule has 0 N–H and O–H groups in total. The first-order valence-electron chi connectivity index (χ1n) is 8.32. The molecular weight excluding hydrogens is 334 g/mol. The molecule has 0 saturated carbocycles. The normalized spacial score (nSPS) is 22.5. The van der Waals surface area contributed by atoms with Crippen LogP contribution in [0.3, 0.4) is 0 Å². The van der Waals surface area contributed by atoms with Crippen LogP contribution < -0.4 is 0 Å². The Kier molecular flexibility index (Phi) is 4.61. The van der Waals surface area contributed by atoms with Crippen molar-refractivity contribution in [3.05, 3.63) is 11.9 Å². The van der Waals surface area contributed by atoms with Gasteiger partial charge in [-0.3, -0.25) is 4.79 Å². The van der Waals surface area contributed by atoms with Gasteiger partial charge >= 0.3 is 6.03 Å². The zero-order valence-corrected chi connectivity index (χ0v) is 14.4.